The Bertz CT molecular complexity index is 309. The Balaban J connectivity index is 3.41. The third-order valence-electron chi connectivity index (χ3n) is 3.29. The number of aliphatic hydroxyl groups excluding tert-OH is 1. The second kappa shape index (κ2) is 5.32. The lowest BCUT2D eigenvalue weighted by Gasteiger charge is -2.17. The predicted octanol–water partition coefficient (Wildman–Crippen LogP) is 3.17. The molecule has 0 saturated carbocycles. The van der Waals surface area contributed by atoms with E-state index >= 15 is 0 Å². The molecule has 0 fully saturated rings. The molecule has 0 heterocycles. The van der Waals surface area contributed by atoms with Gasteiger partial charge in [-0.15, -0.1) is 0 Å². The molecule has 1 heteroatoms. The lowest BCUT2D eigenvalue weighted by Crippen LogP contribution is -2.04. The van der Waals surface area contributed by atoms with E-state index in [0.29, 0.717) is 0 Å². The highest BCUT2D eigenvalue weighted by Crippen LogP contribution is 2.24. The van der Waals surface area contributed by atoms with Gasteiger partial charge in [0.05, 0.1) is 6.61 Å². The average molecular weight is 206 g/mol. The molecule has 1 nitrogen and oxygen atoms in total. The molecule has 0 spiro atoms. The molecule has 15 heavy (non-hydrogen) atoms. The van der Waals surface area contributed by atoms with Gasteiger partial charge in [0.1, 0.15) is 0 Å². The molecular weight excluding hydrogens is 184 g/mol. The Kier molecular flexibility index (Phi) is 4.34. The van der Waals surface area contributed by atoms with Gasteiger partial charge in [0, 0.05) is 0 Å². The van der Waals surface area contributed by atoms with Gasteiger partial charge in [-0.2, -0.15) is 0 Å². The molecule has 0 unspecified atom stereocenters. The summed E-state index contributed by atoms with van der Waals surface area (Å²) in [7, 11) is 0. The van der Waals surface area contributed by atoms with Crippen molar-refractivity contribution in [3.05, 3.63) is 33.9 Å². The van der Waals surface area contributed by atoms with Crippen molar-refractivity contribution in [1.29, 1.82) is 0 Å². The zero-order valence-electron chi connectivity index (χ0n) is 10.4. The van der Waals surface area contributed by atoms with E-state index < -0.39 is 0 Å². The summed E-state index contributed by atoms with van der Waals surface area (Å²) in [5, 5.41) is 9.36. The van der Waals surface area contributed by atoms with Gasteiger partial charge < -0.3 is 5.11 Å². The van der Waals surface area contributed by atoms with Crippen LogP contribution in [0.15, 0.2) is 6.07 Å². The number of hydrogen-bond acceptors (Lipinski definition) is 1. The van der Waals surface area contributed by atoms with Crippen LogP contribution in [0.3, 0.4) is 0 Å². The molecule has 0 aliphatic heterocycles. The van der Waals surface area contributed by atoms with Gasteiger partial charge in [-0.05, 0) is 54.0 Å². The van der Waals surface area contributed by atoms with Crippen LogP contribution in [0.4, 0.5) is 0 Å². The van der Waals surface area contributed by atoms with Crippen molar-refractivity contribution >= 4 is 0 Å². The summed E-state index contributed by atoms with van der Waals surface area (Å²) in [4.78, 5) is 0. The number of benzene rings is 1. The zero-order valence-corrected chi connectivity index (χ0v) is 10.4. The fourth-order valence-electron chi connectivity index (χ4n) is 2.49. The Morgan fingerprint density at radius 1 is 0.933 bits per heavy atom. The molecular formula is C14H22O. The van der Waals surface area contributed by atoms with Crippen LogP contribution in [-0.2, 0) is 25.9 Å². The summed E-state index contributed by atoms with van der Waals surface area (Å²) < 4.78 is 0. The monoisotopic (exact) mass is 206 g/mol. The molecule has 1 aromatic rings. The van der Waals surface area contributed by atoms with Crippen molar-refractivity contribution < 1.29 is 5.11 Å². The Morgan fingerprint density at radius 2 is 1.47 bits per heavy atom. The first-order valence-electron chi connectivity index (χ1n) is 5.93. The van der Waals surface area contributed by atoms with E-state index in [1.54, 1.807) is 0 Å². The fourth-order valence-corrected chi connectivity index (χ4v) is 2.49. The van der Waals surface area contributed by atoms with E-state index in [4.69, 9.17) is 0 Å². The number of rotatable bonds is 4. The van der Waals surface area contributed by atoms with E-state index in [0.717, 1.165) is 24.8 Å². The van der Waals surface area contributed by atoms with Gasteiger partial charge in [-0.1, -0.05) is 26.8 Å². The summed E-state index contributed by atoms with van der Waals surface area (Å²) in [5.74, 6) is 0. The molecule has 0 amide bonds. The second-order valence-electron chi connectivity index (χ2n) is 4.00. The van der Waals surface area contributed by atoms with Gasteiger partial charge >= 0.3 is 0 Å². The van der Waals surface area contributed by atoms with E-state index in [1.165, 1.54) is 22.3 Å². The van der Waals surface area contributed by atoms with Gasteiger partial charge in [0.2, 0.25) is 0 Å². The predicted molar refractivity (Wildman–Crippen MR) is 65.2 cm³/mol. The van der Waals surface area contributed by atoms with Crippen LogP contribution < -0.4 is 0 Å². The molecule has 0 saturated heterocycles. The summed E-state index contributed by atoms with van der Waals surface area (Å²) in [6.45, 7) is 8.91. The normalized spacial score (nSPS) is 10.7. The van der Waals surface area contributed by atoms with Crippen molar-refractivity contribution in [3.8, 4) is 0 Å². The summed E-state index contributed by atoms with van der Waals surface area (Å²) in [6, 6.07) is 2.19. The average Bonchev–Trinajstić information content (AvgIpc) is 2.27. The maximum atomic E-state index is 9.36. The van der Waals surface area contributed by atoms with Gasteiger partial charge in [0.25, 0.3) is 0 Å². The maximum absolute atomic E-state index is 9.36. The Morgan fingerprint density at radius 3 is 1.87 bits per heavy atom. The zero-order chi connectivity index (χ0) is 11.4. The van der Waals surface area contributed by atoms with Crippen LogP contribution in [0.2, 0.25) is 0 Å². The highest BCUT2D eigenvalue weighted by molar-refractivity contribution is 5.45. The van der Waals surface area contributed by atoms with E-state index in [2.05, 4.69) is 33.8 Å². The summed E-state index contributed by atoms with van der Waals surface area (Å²) in [6.07, 6.45) is 3.16. The lowest BCUT2D eigenvalue weighted by atomic mass is 9.89. The first-order valence-corrected chi connectivity index (χ1v) is 5.93. The van der Waals surface area contributed by atoms with Crippen molar-refractivity contribution in [3.63, 3.8) is 0 Å². The van der Waals surface area contributed by atoms with Crippen molar-refractivity contribution in [2.75, 3.05) is 0 Å². The first kappa shape index (κ1) is 12.3. The molecule has 84 valence electrons. The van der Waals surface area contributed by atoms with E-state index in [-0.39, 0.29) is 6.61 Å². The van der Waals surface area contributed by atoms with Crippen molar-refractivity contribution in [2.45, 2.75) is 53.6 Å². The highest BCUT2D eigenvalue weighted by atomic mass is 16.3. The van der Waals surface area contributed by atoms with Gasteiger partial charge in [-0.3, -0.25) is 0 Å². The van der Waals surface area contributed by atoms with Gasteiger partial charge in [0.15, 0.2) is 0 Å². The largest absolute Gasteiger partial charge is 0.392 e. The molecule has 1 aromatic carbocycles. The number of aryl methyl sites for hydroxylation is 1. The Hall–Kier alpha value is -0.820. The minimum Gasteiger partial charge on any atom is -0.392 e. The third kappa shape index (κ3) is 2.23. The van der Waals surface area contributed by atoms with Crippen molar-refractivity contribution in [2.24, 2.45) is 0 Å². The molecule has 0 radical (unpaired) electrons. The van der Waals surface area contributed by atoms with Crippen LogP contribution in [0.1, 0.15) is 48.6 Å². The van der Waals surface area contributed by atoms with E-state index in [9.17, 15) is 5.11 Å². The molecule has 0 bridgehead atoms. The van der Waals surface area contributed by atoms with Gasteiger partial charge in [-0.25, -0.2) is 0 Å². The third-order valence-corrected chi connectivity index (χ3v) is 3.29. The number of aliphatic hydroxyl groups is 1. The first-order chi connectivity index (χ1) is 7.19. The van der Waals surface area contributed by atoms with Crippen LogP contribution in [0, 0.1) is 6.92 Å². The molecule has 0 atom stereocenters. The van der Waals surface area contributed by atoms with Crippen molar-refractivity contribution in [1.82, 2.24) is 0 Å². The SMILES string of the molecule is CCc1cc(CO)c(CC)c(C)c1CC. The lowest BCUT2D eigenvalue weighted by molar-refractivity contribution is 0.280. The standard InChI is InChI=1S/C14H22O/c1-5-11-8-12(9-15)14(7-3)10(4)13(11)6-2/h8,15H,5-7,9H2,1-4H3. The minimum absolute atomic E-state index is 0.168. The molecule has 1 rings (SSSR count). The van der Waals surface area contributed by atoms with Crippen LogP contribution in [0.5, 0.6) is 0 Å². The molecule has 0 aromatic heterocycles. The van der Waals surface area contributed by atoms with Crippen LogP contribution in [0.25, 0.3) is 0 Å². The fraction of sp³-hybridized carbons (Fsp3) is 0.571. The minimum atomic E-state index is 0.168. The van der Waals surface area contributed by atoms with Crippen LogP contribution >= 0.6 is 0 Å². The Labute approximate surface area is 93.1 Å². The molecule has 1 N–H and O–H groups in total. The smallest absolute Gasteiger partial charge is 0.0684 e. The topological polar surface area (TPSA) is 20.2 Å². The molecule has 0 aliphatic rings. The van der Waals surface area contributed by atoms with Crippen LogP contribution in [-0.4, -0.2) is 5.11 Å². The number of hydrogen-bond donors (Lipinski definition) is 1. The quantitative estimate of drug-likeness (QED) is 0.802. The molecule has 0 aliphatic carbocycles. The second-order valence-corrected chi connectivity index (χ2v) is 4.00. The summed E-state index contributed by atoms with van der Waals surface area (Å²) >= 11 is 0. The highest BCUT2D eigenvalue weighted by Gasteiger charge is 2.11. The maximum Gasteiger partial charge on any atom is 0.0684 e. The summed E-state index contributed by atoms with van der Waals surface area (Å²) in [5.41, 5.74) is 6.72. The van der Waals surface area contributed by atoms with E-state index in [1.807, 2.05) is 0 Å².